The van der Waals surface area contributed by atoms with E-state index in [1.165, 1.54) is 17.7 Å². The molecule has 2 aromatic rings. The Labute approximate surface area is 106 Å². The van der Waals surface area contributed by atoms with Gasteiger partial charge in [-0.2, -0.15) is 0 Å². The van der Waals surface area contributed by atoms with Crippen LogP contribution in [0, 0.1) is 17.0 Å². The Morgan fingerprint density at radius 3 is 1.78 bits per heavy atom. The molecular formula is C15H13NO2. The van der Waals surface area contributed by atoms with Crippen molar-refractivity contribution in [1.29, 1.82) is 0 Å². The van der Waals surface area contributed by atoms with E-state index in [0.717, 1.165) is 11.1 Å². The molecule has 18 heavy (non-hydrogen) atoms. The first kappa shape index (κ1) is 12.0. The van der Waals surface area contributed by atoms with E-state index in [-0.39, 0.29) is 5.69 Å². The van der Waals surface area contributed by atoms with Gasteiger partial charge in [-0.3, -0.25) is 10.1 Å². The first-order valence-corrected chi connectivity index (χ1v) is 5.64. The van der Waals surface area contributed by atoms with Gasteiger partial charge < -0.3 is 0 Å². The van der Waals surface area contributed by atoms with Crippen molar-refractivity contribution < 1.29 is 4.92 Å². The van der Waals surface area contributed by atoms with Crippen LogP contribution in [-0.2, 0) is 0 Å². The monoisotopic (exact) mass is 239 g/mol. The molecule has 2 aromatic carbocycles. The van der Waals surface area contributed by atoms with Crippen LogP contribution in [0.5, 0.6) is 0 Å². The Kier molecular flexibility index (Phi) is 3.53. The summed E-state index contributed by atoms with van der Waals surface area (Å²) < 4.78 is 0. The van der Waals surface area contributed by atoms with Gasteiger partial charge in [-0.1, -0.05) is 42.0 Å². The normalized spacial score (nSPS) is 10.7. The second kappa shape index (κ2) is 5.27. The molecule has 0 saturated carbocycles. The van der Waals surface area contributed by atoms with Crippen molar-refractivity contribution in [3.05, 3.63) is 75.3 Å². The lowest BCUT2D eigenvalue weighted by Crippen LogP contribution is -1.86. The Morgan fingerprint density at radius 2 is 1.33 bits per heavy atom. The van der Waals surface area contributed by atoms with Gasteiger partial charge in [-0.05, 0) is 30.2 Å². The summed E-state index contributed by atoms with van der Waals surface area (Å²) in [6, 6.07) is 14.7. The highest BCUT2D eigenvalue weighted by molar-refractivity contribution is 5.70. The molecule has 0 fully saturated rings. The van der Waals surface area contributed by atoms with Crippen molar-refractivity contribution in [3.63, 3.8) is 0 Å². The molecule has 2 rings (SSSR count). The van der Waals surface area contributed by atoms with Crippen molar-refractivity contribution in [2.75, 3.05) is 0 Å². The van der Waals surface area contributed by atoms with E-state index in [1.54, 1.807) is 12.1 Å². The highest BCUT2D eigenvalue weighted by Crippen LogP contribution is 2.14. The lowest BCUT2D eigenvalue weighted by molar-refractivity contribution is -0.384. The predicted molar refractivity (Wildman–Crippen MR) is 73.2 cm³/mol. The summed E-state index contributed by atoms with van der Waals surface area (Å²) in [7, 11) is 0. The maximum absolute atomic E-state index is 10.5. The fraction of sp³-hybridized carbons (Fsp3) is 0.0667. The summed E-state index contributed by atoms with van der Waals surface area (Å²) in [5.41, 5.74) is 3.39. The molecule has 0 N–H and O–H groups in total. The first-order chi connectivity index (χ1) is 8.65. The Bertz CT molecular complexity index is 568. The number of aryl methyl sites for hydroxylation is 1. The molecule has 0 aromatic heterocycles. The maximum atomic E-state index is 10.5. The van der Waals surface area contributed by atoms with Crippen LogP contribution in [0.2, 0.25) is 0 Å². The van der Waals surface area contributed by atoms with Gasteiger partial charge in [-0.25, -0.2) is 0 Å². The van der Waals surface area contributed by atoms with Crippen LogP contribution in [0.25, 0.3) is 12.2 Å². The summed E-state index contributed by atoms with van der Waals surface area (Å²) in [6.45, 7) is 2.05. The van der Waals surface area contributed by atoms with Crippen molar-refractivity contribution in [2.45, 2.75) is 6.92 Å². The number of rotatable bonds is 3. The zero-order chi connectivity index (χ0) is 13.0. The van der Waals surface area contributed by atoms with Crippen molar-refractivity contribution in [2.24, 2.45) is 0 Å². The van der Waals surface area contributed by atoms with E-state index >= 15 is 0 Å². The van der Waals surface area contributed by atoms with E-state index < -0.39 is 4.92 Å². The van der Waals surface area contributed by atoms with Crippen molar-refractivity contribution in [3.8, 4) is 0 Å². The zero-order valence-corrected chi connectivity index (χ0v) is 10.0. The Morgan fingerprint density at radius 1 is 0.889 bits per heavy atom. The maximum Gasteiger partial charge on any atom is 0.269 e. The lowest BCUT2D eigenvalue weighted by atomic mass is 10.1. The van der Waals surface area contributed by atoms with E-state index in [0.29, 0.717) is 0 Å². The molecule has 0 amide bonds. The smallest absolute Gasteiger partial charge is 0.258 e. The van der Waals surface area contributed by atoms with Crippen LogP contribution in [0.15, 0.2) is 48.5 Å². The fourth-order valence-corrected chi connectivity index (χ4v) is 1.58. The molecular weight excluding hydrogens is 226 g/mol. The molecule has 0 atom stereocenters. The second-order valence-electron chi connectivity index (χ2n) is 4.09. The fourth-order valence-electron chi connectivity index (χ4n) is 1.58. The summed E-state index contributed by atoms with van der Waals surface area (Å²) in [5, 5.41) is 10.5. The van der Waals surface area contributed by atoms with E-state index in [2.05, 4.69) is 12.1 Å². The van der Waals surface area contributed by atoms with E-state index in [1.807, 2.05) is 31.2 Å². The van der Waals surface area contributed by atoms with Crippen molar-refractivity contribution >= 4 is 17.8 Å². The van der Waals surface area contributed by atoms with E-state index in [9.17, 15) is 10.1 Å². The SMILES string of the molecule is Cc1ccc(/C=C/c2ccc([N+](=O)[O-])cc2)cc1. The number of nitro groups is 1. The third-order valence-electron chi connectivity index (χ3n) is 2.65. The second-order valence-corrected chi connectivity index (χ2v) is 4.09. The molecule has 0 radical (unpaired) electrons. The summed E-state index contributed by atoms with van der Waals surface area (Å²) in [6.07, 6.45) is 3.93. The molecule has 0 aliphatic heterocycles. The Hall–Kier alpha value is -2.42. The standard InChI is InChI=1S/C15H13NO2/c1-12-2-4-13(5-3-12)6-7-14-8-10-15(11-9-14)16(17)18/h2-11H,1H3/b7-6+. The van der Waals surface area contributed by atoms with Crippen LogP contribution in [0.4, 0.5) is 5.69 Å². The van der Waals surface area contributed by atoms with Gasteiger partial charge in [0, 0.05) is 12.1 Å². The van der Waals surface area contributed by atoms with Crippen LogP contribution in [0.1, 0.15) is 16.7 Å². The lowest BCUT2D eigenvalue weighted by Gasteiger charge is -1.96. The zero-order valence-electron chi connectivity index (χ0n) is 10.0. The molecule has 0 aliphatic rings. The third-order valence-corrected chi connectivity index (χ3v) is 2.65. The number of nitro benzene ring substituents is 1. The summed E-state index contributed by atoms with van der Waals surface area (Å²) in [4.78, 5) is 10.1. The van der Waals surface area contributed by atoms with Gasteiger partial charge in [0.25, 0.3) is 5.69 Å². The van der Waals surface area contributed by atoms with Crippen LogP contribution >= 0.6 is 0 Å². The number of hydrogen-bond donors (Lipinski definition) is 0. The average Bonchev–Trinajstić information content (AvgIpc) is 2.38. The number of hydrogen-bond acceptors (Lipinski definition) is 2. The summed E-state index contributed by atoms with van der Waals surface area (Å²) >= 11 is 0. The van der Waals surface area contributed by atoms with Gasteiger partial charge in [0.05, 0.1) is 4.92 Å². The Balaban J connectivity index is 2.13. The highest BCUT2D eigenvalue weighted by Gasteiger charge is 2.01. The molecule has 90 valence electrons. The van der Waals surface area contributed by atoms with Gasteiger partial charge in [0.1, 0.15) is 0 Å². The van der Waals surface area contributed by atoms with Crippen molar-refractivity contribution in [1.82, 2.24) is 0 Å². The molecule has 0 bridgehead atoms. The predicted octanol–water partition coefficient (Wildman–Crippen LogP) is 4.07. The number of nitrogens with zero attached hydrogens (tertiary/aromatic N) is 1. The molecule has 0 saturated heterocycles. The number of benzene rings is 2. The molecule has 0 spiro atoms. The minimum Gasteiger partial charge on any atom is -0.258 e. The quantitative estimate of drug-likeness (QED) is 0.460. The third kappa shape index (κ3) is 3.04. The van der Waals surface area contributed by atoms with Crippen LogP contribution < -0.4 is 0 Å². The minimum absolute atomic E-state index is 0.113. The van der Waals surface area contributed by atoms with E-state index in [4.69, 9.17) is 0 Å². The molecule has 0 aliphatic carbocycles. The molecule has 3 heteroatoms. The van der Waals surface area contributed by atoms with Gasteiger partial charge in [0.15, 0.2) is 0 Å². The largest absolute Gasteiger partial charge is 0.269 e. The van der Waals surface area contributed by atoms with Crippen LogP contribution in [0.3, 0.4) is 0 Å². The van der Waals surface area contributed by atoms with Gasteiger partial charge in [-0.15, -0.1) is 0 Å². The topological polar surface area (TPSA) is 43.1 Å². The molecule has 0 heterocycles. The first-order valence-electron chi connectivity index (χ1n) is 5.64. The minimum atomic E-state index is -0.395. The van der Waals surface area contributed by atoms with Gasteiger partial charge >= 0.3 is 0 Å². The van der Waals surface area contributed by atoms with Gasteiger partial charge in [0.2, 0.25) is 0 Å². The van der Waals surface area contributed by atoms with Crippen LogP contribution in [-0.4, -0.2) is 4.92 Å². The molecule has 0 unspecified atom stereocenters. The number of non-ortho nitro benzene ring substituents is 1. The molecule has 3 nitrogen and oxygen atoms in total. The highest BCUT2D eigenvalue weighted by atomic mass is 16.6. The average molecular weight is 239 g/mol. The summed E-state index contributed by atoms with van der Waals surface area (Å²) in [5.74, 6) is 0.